The lowest BCUT2D eigenvalue weighted by molar-refractivity contribution is 0.102. The highest BCUT2D eigenvalue weighted by Crippen LogP contribution is 2.33. The highest BCUT2D eigenvalue weighted by atomic mass is 32.1. The van der Waals surface area contributed by atoms with Crippen LogP contribution in [0.4, 0.5) is 5.69 Å². The number of nitrogens with zero attached hydrogens (tertiary/aromatic N) is 2. The molecule has 0 aliphatic rings. The zero-order valence-corrected chi connectivity index (χ0v) is 14.9. The van der Waals surface area contributed by atoms with Gasteiger partial charge in [-0.15, -0.1) is 11.3 Å². The van der Waals surface area contributed by atoms with Crippen molar-refractivity contribution >= 4 is 22.9 Å². The molecule has 0 aliphatic carbocycles. The maximum absolute atomic E-state index is 12.4. The van der Waals surface area contributed by atoms with Gasteiger partial charge in [-0.05, 0) is 36.8 Å². The van der Waals surface area contributed by atoms with Crippen molar-refractivity contribution in [1.82, 2.24) is 9.97 Å². The molecule has 0 saturated carbocycles. The molecule has 1 N–H and O–H groups in total. The van der Waals surface area contributed by atoms with E-state index < -0.39 is 0 Å². The lowest BCUT2D eigenvalue weighted by atomic mass is 10.2. The zero-order valence-electron chi connectivity index (χ0n) is 14.1. The van der Waals surface area contributed by atoms with Gasteiger partial charge in [0.25, 0.3) is 5.91 Å². The highest BCUT2D eigenvalue weighted by molar-refractivity contribution is 7.13. The Morgan fingerprint density at radius 3 is 2.68 bits per heavy atom. The second-order valence-corrected chi connectivity index (χ2v) is 6.11. The van der Waals surface area contributed by atoms with Crippen molar-refractivity contribution in [2.24, 2.45) is 0 Å². The first-order chi connectivity index (χ1) is 12.1. The normalized spacial score (nSPS) is 10.4. The number of hydrogen-bond acceptors (Lipinski definition) is 6. The van der Waals surface area contributed by atoms with Crippen LogP contribution in [0.2, 0.25) is 0 Å². The van der Waals surface area contributed by atoms with E-state index in [2.05, 4.69) is 15.3 Å². The average Bonchev–Trinajstić information content (AvgIpc) is 3.13. The molecule has 0 radical (unpaired) electrons. The third kappa shape index (κ3) is 3.61. The number of hydrogen-bond donors (Lipinski definition) is 1. The fraction of sp³-hybridized carbons (Fsp3) is 0.167. The predicted molar refractivity (Wildman–Crippen MR) is 97.6 cm³/mol. The smallest absolute Gasteiger partial charge is 0.275 e. The van der Waals surface area contributed by atoms with E-state index in [-0.39, 0.29) is 5.91 Å². The fourth-order valence-electron chi connectivity index (χ4n) is 2.26. The van der Waals surface area contributed by atoms with Crippen molar-refractivity contribution < 1.29 is 14.3 Å². The molecule has 2 heterocycles. The van der Waals surface area contributed by atoms with Gasteiger partial charge in [0.05, 0.1) is 26.1 Å². The lowest BCUT2D eigenvalue weighted by Crippen LogP contribution is -2.13. The molecule has 2 aromatic heterocycles. The van der Waals surface area contributed by atoms with Crippen molar-refractivity contribution in [2.45, 2.75) is 6.92 Å². The quantitative estimate of drug-likeness (QED) is 0.754. The number of nitrogens with one attached hydrogen (secondary N) is 1. The monoisotopic (exact) mass is 355 g/mol. The minimum absolute atomic E-state index is 0.265. The Balaban J connectivity index is 1.83. The number of aryl methyl sites for hydroxylation is 1. The molecule has 0 spiro atoms. The van der Waals surface area contributed by atoms with Gasteiger partial charge in [-0.25, -0.2) is 4.98 Å². The third-order valence-electron chi connectivity index (χ3n) is 3.65. The fourth-order valence-corrected chi connectivity index (χ4v) is 3.06. The molecule has 3 rings (SSSR count). The molecule has 0 fully saturated rings. The molecule has 3 aromatic rings. The lowest BCUT2D eigenvalue weighted by Gasteiger charge is -2.08. The maximum atomic E-state index is 12.4. The minimum Gasteiger partial charge on any atom is -0.493 e. The van der Waals surface area contributed by atoms with Crippen molar-refractivity contribution in [2.75, 3.05) is 19.5 Å². The number of benzene rings is 1. The number of aromatic nitrogens is 2. The maximum Gasteiger partial charge on any atom is 0.275 e. The summed E-state index contributed by atoms with van der Waals surface area (Å²) in [5.41, 5.74) is 2.84. The van der Waals surface area contributed by atoms with E-state index in [1.807, 2.05) is 31.2 Å². The van der Waals surface area contributed by atoms with E-state index in [1.165, 1.54) is 11.3 Å². The largest absolute Gasteiger partial charge is 0.493 e. The Morgan fingerprint density at radius 2 is 1.96 bits per heavy atom. The molecular formula is C18H17N3O3S. The van der Waals surface area contributed by atoms with Crippen LogP contribution in [0.3, 0.4) is 0 Å². The molecule has 128 valence electrons. The van der Waals surface area contributed by atoms with Gasteiger partial charge in [-0.1, -0.05) is 0 Å². The van der Waals surface area contributed by atoms with Gasteiger partial charge in [-0.3, -0.25) is 9.78 Å². The van der Waals surface area contributed by atoms with Gasteiger partial charge in [-0.2, -0.15) is 0 Å². The summed E-state index contributed by atoms with van der Waals surface area (Å²) < 4.78 is 10.5. The van der Waals surface area contributed by atoms with Crippen LogP contribution in [0.1, 0.15) is 16.1 Å². The number of carbonyl (C=O) groups is 1. The second-order valence-electron chi connectivity index (χ2n) is 5.25. The van der Waals surface area contributed by atoms with E-state index in [0.29, 0.717) is 22.9 Å². The van der Waals surface area contributed by atoms with Crippen LogP contribution in [-0.4, -0.2) is 30.1 Å². The Morgan fingerprint density at radius 1 is 1.16 bits per heavy atom. The summed E-state index contributed by atoms with van der Waals surface area (Å²) in [6.45, 7) is 1.91. The van der Waals surface area contributed by atoms with Crippen LogP contribution >= 0.6 is 11.3 Å². The van der Waals surface area contributed by atoms with Gasteiger partial charge in [0, 0.05) is 17.1 Å². The standard InChI is InChI=1S/C18H17N3O3S/c1-11-6-7-19-9-13(11)20-17(22)14-10-25-18(21-14)12-4-5-15(23-2)16(8-12)24-3/h4-10H,1-3H3,(H,20,22). The molecule has 0 unspecified atom stereocenters. The van der Waals surface area contributed by atoms with Crippen molar-refractivity contribution in [3.8, 4) is 22.1 Å². The van der Waals surface area contributed by atoms with Crippen LogP contribution < -0.4 is 14.8 Å². The van der Waals surface area contributed by atoms with Gasteiger partial charge in [0.15, 0.2) is 11.5 Å². The molecular weight excluding hydrogens is 338 g/mol. The molecule has 7 heteroatoms. The second kappa shape index (κ2) is 7.31. The molecule has 0 bridgehead atoms. The van der Waals surface area contributed by atoms with Crippen LogP contribution in [0.25, 0.3) is 10.6 Å². The van der Waals surface area contributed by atoms with Crippen LogP contribution in [-0.2, 0) is 0 Å². The molecule has 0 aliphatic heterocycles. The molecule has 25 heavy (non-hydrogen) atoms. The Hall–Kier alpha value is -2.93. The molecule has 1 aromatic carbocycles. The van der Waals surface area contributed by atoms with E-state index in [9.17, 15) is 4.79 Å². The van der Waals surface area contributed by atoms with Gasteiger partial charge in [0.2, 0.25) is 0 Å². The number of anilines is 1. The summed E-state index contributed by atoms with van der Waals surface area (Å²) in [6, 6.07) is 7.37. The Labute approximate surface area is 149 Å². The third-order valence-corrected chi connectivity index (χ3v) is 4.55. The highest BCUT2D eigenvalue weighted by Gasteiger charge is 2.14. The van der Waals surface area contributed by atoms with Crippen LogP contribution in [0.5, 0.6) is 11.5 Å². The molecule has 0 saturated heterocycles. The summed E-state index contributed by atoms with van der Waals surface area (Å²) in [5.74, 6) is 0.999. The van der Waals surface area contributed by atoms with E-state index in [4.69, 9.17) is 9.47 Å². The van der Waals surface area contributed by atoms with Gasteiger partial charge in [0.1, 0.15) is 10.7 Å². The van der Waals surface area contributed by atoms with Crippen molar-refractivity contribution in [1.29, 1.82) is 0 Å². The number of amides is 1. The zero-order chi connectivity index (χ0) is 17.8. The average molecular weight is 355 g/mol. The first-order valence-electron chi connectivity index (χ1n) is 7.52. The minimum atomic E-state index is -0.265. The molecule has 0 atom stereocenters. The van der Waals surface area contributed by atoms with E-state index >= 15 is 0 Å². The SMILES string of the molecule is COc1ccc(-c2nc(C(=O)Nc3cnccc3C)cs2)cc1OC. The number of rotatable bonds is 5. The number of carbonyl (C=O) groups excluding carboxylic acids is 1. The number of ether oxygens (including phenoxy) is 2. The summed E-state index contributed by atoms with van der Waals surface area (Å²) in [7, 11) is 3.17. The first kappa shape index (κ1) is 16.9. The molecule has 1 amide bonds. The van der Waals surface area contributed by atoms with Crippen molar-refractivity contribution in [3.05, 3.63) is 53.3 Å². The van der Waals surface area contributed by atoms with Gasteiger partial charge >= 0.3 is 0 Å². The number of pyridine rings is 1. The number of thiazole rings is 1. The van der Waals surface area contributed by atoms with E-state index in [0.717, 1.165) is 16.1 Å². The van der Waals surface area contributed by atoms with Gasteiger partial charge < -0.3 is 14.8 Å². The summed E-state index contributed by atoms with van der Waals surface area (Å²) >= 11 is 1.39. The Kier molecular flexibility index (Phi) is 4.95. The first-order valence-corrected chi connectivity index (χ1v) is 8.40. The predicted octanol–water partition coefficient (Wildman–Crippen LogP) is 3.78. The summed E-state index contributed by atoms with van der Waals surface area (Å²) in [6.07, 6.45) is 3.30. The van der Waals surface area contributed by atoms with Crippen LogP contribution in [0, 0.1) is 6.92 Å². The summed E-state index contributed by atoms with van der Waals surface area (Å²) in [5, 5.41) is 5.29. The van der Waals surface area contributed by atoms with Crippen LogP contribution in [0.15, 0.2) is 42.0 Å². The topological polar surface area (TPSA) is 73.3 Å². The Bertz CT molecular complexity index is 908. The van der Waals surface area contributed by atoms with E-state index in [1.54, 1.807) is 32.0 Å². The molecule has 6 nitrogen and oxygen atoms in total. The van der Waals surface area contributed by atoms with Crippen molar-refractivity contribution in [3.63, 3.8) is 0 Å². The number of methoxy groups -OCH3 is 2. The summed E-state index contributed by atoms with van der Waals surface area (Å²) in [4.78, 5) is 20.8.